The molecular formula is C35H53N3O6S. The van der Waals surface area contributed by atoms with E-state index in [4.69, 9.17) is 9.47 Å². The fraction of sp³-hybridized carbons (Fsp3) is 0.629. The summed E-state index contributed by atoms with van der Waals surface area (Å²) in [6, 6.07) is 12.5. The highest BCUT2D eigenvalue weighted by atomic mass is 32.2. The van der Waals surface area contributed by atoms with E-state index in [0.717, 1.165) is 38.3 Å². The summed E-state index contributed by atoms with van der Waals surface area (Å²) in [5.74, 6) is 0.784. The lowest BCUT2D eigenvalue weighted by Crippen LogP contribution is -2.47. The number of nitrogens with zero attached hydrogens (tertiary/aromatic N) is 2. The van der Waals surface area contributed by atoms with Crippen molar-refractivity contribution in [3.8, 4) is 5.75 Å². The lowest BCUT2D eigenvalue weighted by molar-refractivity contribution is -0.0190. The second-order valence-electron chi connectivity index (χ2n) is 13.2. The zero-order chi connectivity index (χ0) is 32.4. The summed E-state index contributed by atoms with van der Waals surface area (Å²) in [5.41, 5.74) is 0.519. The number of anilines is 1. The van der Waals surface area contributed by atoms with E-state index < -0.39 is 16.1 Å². The number of rotatable bonds is 9. The van der Waals surface area contributed by atoms with E-state index in [1.54, 1.807) is 41.3 Å². The number of nitrogens with one attached hydrogen (secondary N) is 1. The van der Waals surface area contributed by atoms with Gasteiger partial charge in [0.2, 0.25) is 0 Å². The molecule has 4 rings (SSSR count). The van der Waals surface area contributed by atoms with Crippen LogP contribution in [0.5, 0.6) is 5.75 Å². The molecule has 0 spiro atoms. The number of hydrogen-bond acceptors (Lipinski definition) is 7. The highest BCUT2D eigenvalue weighted by Crippen LogP contribution is 2.30. The topological polar surface area (TPSA) is 108 Å². The molecule has 1 heterocycles. The Morgan fingerprint density at radius 3 is 2.42 bits per heavy atom. The molecule has 1 aliphatic carbocycles. The fourth-order valence-corrected chi connectivity index (χ4v) is 7.53. The molecule has 1 saturated carbocycles. The Labute approximate surface area is 270 Å². The third kappa shape index (κ3) is 10.2. The van der Waals surface area contributed by atoms with Crippen LogP contribution in [-0.2, 0) is 14.8 Å². The molecule has 2 aliphatic rings. The molecule has 9 nitrogen and oxygen atoms in total. The Morgan fingerprint density at radius 1 is 1.00 bits per heavy atom. The first kappa shape index (κ1) is 35.2. The first-order valence-corrected chi connectivity index (χ1v) is 18.2. The number of sulfonamides is 1. The molecule has 2 aromatic carbocycles. The minimum atomic E-state index is -3.87. The molecule has 1 amide bonds. The second kappa shape index (κ2) is 16.8. The van der Waals surface area contributed by atoms with E-state index >= 15 is 0 Å². The van der Waals surface area contributed by atoms with Gasteiger partial charge >= 0.3 is 0 Å². The average Bonchev–Trinajstić information content (AvgIpc) is 3.03. The maximum atomic E-state index is 14.3. The molecule has 1 fully saturated rings. The standard InChI is InChI=1S/C35H53N3O6S/c1-26-22-38(27(2)25-39)35(40)32-21-30(36-45(41,42)31-16-9-6-10-17-31)18-19-33(32)44-28(3)13-11-12-20-43-34(26)24-37(4)23-29-14-7-5-8-15-29/h6,9-10,16-19,21,26-29,34,36,39H,5,7-8,11-15,20,22-25H2,1-4H3/t26-,27-,28-,34+/m0/s1. The van der Waals surface area contributed by atoms with Gasteiger partial charge in [-0.25, -0.2) is 8.42 Å². The van der Waals surface area contributed by atoms with Crippen molar-refractivity contribution in [2.75, 3.05) is 44.6 Å². The SMILES string of the molecule is C[C@H]1CCCCO[C@H](CN(C)CC2CCCCC2)[C@@H](C)CN([C@@H](C)CO)C(=O)c2cc(NS(=O)(=O)c3ccccc3)ccc2O1. The van der Waals surface area contributed by atoms with E-state index in [0.29, 0.717) is 18.9 Å². The zero-order valence-corrected chi connectivity index (χ0v) is 28.3. The maximum absolute atomic E-state index is 14.3. The summed E-state index contributed by atoms with van der Waals surface area (Å²) in [6.45, 7) is 8.54. The fourth-order valence-electron chi connectivity index (χ4n) is 6.45. The largest absolute Gasteiger partial charge is 0.490 e. The molecule has 1 aliphatic heterocycles. The first-order chi connectivity index (χ1) is 21.6. The van der Waals surface area contributed by atoms with E-state index in [2.05, 4.69) is 23.6 Å². The van der Waals surface area contributed by atoms with Crippen molar-refractivity contribution in [2.24, 2.45) is 11.8 Å². The third-order valence-electron chi connectivity index (χ3n) is 9.14. The van der Waals surface area contributed by atoms with Crippen LogP contribution in [0.1, 0.15) is 82.5 Å². The Kier molecular flexibility index (Phi) is 13.1. The predicted octanol–water partition coefficient (Wildman–Crippen LogP) is 5.80. The monoisotopic (exact) mass is 643 g/mol. The summed E-state index contributed by atoms with van der Waals surface area (Å²) in [5, 5.41) is 10.2. The van der Waals surface area contributed by atoms with E-state index in [1.807, 2.05) is 13.8 Å². The molecule has 2 aromatic rings. The average molecular weight is 644 g/mol. The van der Waals surface area contributed by atoms with Crippen LogP contribution in [-0.4, -0.2) is 87.4 Å². The van der Waals surface area contributed by atoms with Gasteiger partial charge in [-0.1, -0.05) is 44.4 Å². The second-order valence-corrected chi connectivity index (χ2v) is 14.8. The molecule has 45 heavy (non-hydrogen) atoms. The summed E-state index contributed by atoms with van der Waals surface area (Å²) in [6.07, 6.45) is 8.90. The van der Waals surface area contributed by atoms with Crippen molar-refractivity contribution in [3.63, 3.8) is 0 Å². The molecule has 0 saturated heterocycles. The van der Waals surface area contributed by atoms with Gasteiger partial charge < -0.3 is 24.4 Å². The number of aliphatic hydroxyl groups is 1. The van der Waals surface area contributed by atoms with Gasteiger partial charge in [0.05, 0.1) is 35.3 Å². The van der Waals surface area contributed by atoms with E-state index in [-0.39, 0.29) is 46.8 Å². The van der Waals surface area contributed by atoms with Crippen molar-refractivity contribution in [1.82, 2.24) is 9.80 Å². The number of likely N-dealkylation sites (N-methyl/N-ethyl adjacent to an activating group) is 1. The van der Waals surface area contributed by atoms with Gasteiger partial charge in [0.1, 0.15) is 5.75 Å². The number of hydrogen-bond donors (Lipinski definition) is 2. The molecular weight excluding hydrogens is 590 g/mol. The van der Waals surface area contributed by atoms with E-state index in [1.165, 1.54) is 44.2 Å². The number of benzene rings is 2. The summed E-state index contributed by atoms with van der Waals surface area (Å²) >= 11 is 0. The van der Waals surface area contributed by atoms with Crippen molar-refractivity contribution in [1.29, 1.82) is 0 Å². The normalized spacial score (nSPS) is 23.6. The molecule has 0 unspecified atom stereocenters. The van der Waals surface area contributed by atoms with Crippen LogP contribution < -0.4 is 9.46 Å². The molecule has 0 bridgehead atoms. The smallest absolute Gasteiger partial charge is 0.261 e. The highest BCUT2D eigenvalue weighted by Gasteiger charge is 2.31. The number of carbonyl (C=O) groups excluding carboxylic acids is 1. The third-order valence-corrected chi connectivity index (χ3v) is 10.5. The summed E-state index contributed by atoms with van der Waals surface area (Å²) in [4.78, 5) is 18.5. The maximum Gasteiger partial charge on any atom is 0.261 e. The lowest BCUT2D eigenvalue weighted by Gasteiger charge is -2.36. The van der Waals surface area contributed by atoms with Crippen molar-refractivity contribution in [3.05, 3.63) is 54.1 Å². The van der Waals surface area contributed by atoms with Gasteiger partial charge in [-0.3, -0.25) is 9.52 Å². The number of aliphatic hydroxyl groups excluding tert-OH is 1. The zero-order valence-electron chi connectivity index (χ0n) is 27.5. The Morgan fingerprint density at radius 2 is 1.71 bits per heavy atom. The predicted molar refractivity (Wildman–Crippen MR) is 178 cm³/mol. The Balaban J connectivity index is 1.62. The van der Waals surface area contributed by atoms with Crippen LogP contribution in [0.15, 0.2) is 53.4 Å². The van der Waals surface area contributed by atoms with Gasteiger partial charge in [0, 0.05) is 37.8 Å². The molecule has 10 heteroatoms. The van der Waals surface area contributed by atoms with Gasteiger partial charge in [-0.15, -0.1) is 0 Å². The van der Waals surface area contributed by atoms with Crippen molar-refractivity contribution >= 4 is 21.6 Å². The first-order valence-electron chi connectivity index (χ1n) is 16.7. The van der Waals surface area contributed by atoms with Gasteiger partial charge in [-0.05, 0) is 89.2 Å². The summed E-state index contributed by atoms with van der Waals surface area (Å²) < 4.78 is 41.6. The number of carbonyl (C=O) groups is 1. The van der Waals surface area contributed by atoms with Crippen LogP contribution >= 0.6 is 0 Å². The highest BCUT2D eigenvalue weighted by molar-refractivity contribution is 7.92. The number of amides is 1. The van der Waals surface area contributed by atoms with Gasteiger partial charge in [0.15, 0.2) is 0 Å². The Hall–Kier alpha value is -2.66. The lowest BCUT2D eigenvalue weighted by atomic mass is 9.89. The van der Waals surface area contributed by atoms with Gasteiger partial charge in [-0.2, -0.15) is 0 Å². The molecule has 0 radical (unpaired) electrons. The number of ether oxygens (including phenoxy) is 2. The molecule has 0 aromatic heterocycles. The minimum absolute atomic E-state index is 0.0113. The van der Waals surface area contributed by atoms with Crippen LogP contribution in [0.4, 0.5) is 5.69 Å². The van der Waals surface area contributed by atoms with Crippen molar-refractivity contribution in [2.45, 2.75) is 95.3 Å². The van der Waals surface area contributed by atoms with Crippen molar-refractivity contribution < 1.29 is 27.8 Å². The Bertz CT molecular complexity index is 1320. The van der Waals surface area contributed by atoms with Crippen LogP contribution in [0.3, 0.4) is 0 Å². The minimum Gasteiger partial charge on any atom is -0.490 e. The van der Waals surface area contributed by atoms with E-state index in [9.17, 15) is 18.3 Å². The number of fused-ring (bicyclic) bond motifs is 1. The van der Waals surface area contributed by atoms with Crippen LogP contribution in [0, 0.1) is 11.8 Å². The van der Waals surface area contributed by atoms with Crippen LogP contribution in [0.2, 0.25) is 0 Å². The molecule has 4 atom stereocenters. The molecule has 2 N–H and O–H groups in total. The van der Waals surface area contributed by atoms with Gasteiger partial charge in [0.25, 0.3) is 15.9 Å². The van der Waals surface area contributed by atoms with Crippen LogP contribution in [0.25, 0.3) is 0 Å². The quantitative estimate of drug-likeness (QED) is 0.356. The summed E-state index contributed by atoms with van der Waals surface area (Å²) in [7, 11) is -1.70. The molecule has 250 valence electrons.